The van der Waals surface area contributed by atoms with Crippen molar-refractivity contribution >= 4 is 40.5 Å². The van der Waals surface area contributed by atoms with Crippen LogP contribution < -0.4 is 0 Å². The minimum absolute atomic E-state index is 0.0983. The number of hydrogen-bond acceptors (Lipinski definition) is 7. The van der Waals surface area contributed by atoms with Crippen molar-refractivity contribution in [3.8, 4) is 0 Å². The number of aromatic nitrogens is 3. The maximum absolute atomic E-state index is 15.0. The summed E-state index contributed by atoms with van der Waals surface area (Å²) >= 11 is 1.63. The first-order valence-electron chi connectivity index (χ1n) is 16.3. The molecule has 3 saturated heterocycles. The lowest BCUT2D eigenvalue weighted by molar-refractivity contribution is -0.149. The van der Waals surface area contributed by atoms with Crippen LogP contribution in [0.3, 0.4) is 0 Å². The summed E-state index contributed by atoms with van der Waals surface area (Å²) in [6.45, 7) is 14.6. The molecule has 11 heteroatoms. The van der Waals surface area contributed by atoms with E-state index in [-0.39, 0.29) is 43.5 Å². The van der Waals surface area contributed by atoms with E-state index in [9.17, 15) is 19.5 Å². The number of nitrogens with zero attached hydrogens (tertiary/aromatic N) is 6. The second-order valence-electron chi connectivity index (χ2n) is 13.5. The molecule has 4 heterocycles. The number of hydrogen-bond donors (Lipinski definition) is 1. The molecule has 6 atom stereocenters. The third-order valence-corrected chi connectivity index (χ3v) is 12.3. The van der Waals surface area contributed by atoms with Crippen molar-refractivity contribution in [1.82, 2.24) is 29.7 Å². The zero-order chi connectivity index (χ0) is 33.5. The first-order chi connectivity index (χ1) is 22.6. The van der Waals surface area contributed by atoms with Gasteiger partial charge in [0.1, 0.15) is 18.2 Å². The van der Waals surface area contributed by atoms with Gasteiger partial charge < -0.3 is 19.8 Å². The average Bonchev–Trinajstić information content (AvgIpc) is 3.76. The van der Waals surface area contributed by atoms with E-state index in [0.29, 0.717) is 31.4 Å². The molecule has 1 N–H and O–H groups in total. The highest BCUT2D eigenvalue weighted by atomic mass is 32.2. The monoisotopic (exact) mass is 656 g/mol. The Morgan fingerprint density at radius 3 is 2.40 bits per heavy atom. The first kappa shape index (κ1) is 33.0. The molecule has 248 valence electrons. The number of thioether (sulfide) groups is 1. The zero-order valence-corrected chi connectivity index (χ0v) is 28.2. The van der Waals surface area contributed by atoms with E-state index in [0.717, 1.165) is 11.1 Å². The van der Waals surface area contributed by atoms with E-state index in [1.165, 1.54) is 0 Å². The van der Waals surface area contributed by atoms with Gasteiger partial charge in [-0.05, 0) is 43.4 Å². The molecule has 3 aliphatic rings. The number of rotatable bonds is 13. The summed E-state index contributed by atoms with van der Waals surface area (Å²) in [5, 5.41) is 19.3. The quantitative estimate of drug-likeness (QED) is 0.276. The van der Waals surface area contributed by atoms with Gasteiger partial charge in [0.05, 0.1) is 34.7 Å². The zero-order valence-electron chi connectivity index (χ0n) is 27.4. The van der Waals surface area contributed by atoms with Gasteiger partial charge in [0.15, 0.2) is 0 Å². The molecular formula is C36H44N6O4S. The molecule has 3 amide bonds. The maximum Gasteiger partial charge on any atom is 0.248 e. The summed E-state index contributed by atoms with van der Waals surface area (Å²) in [5.41, 5.74) is 2.50. The van der Waals surface area contributed by atoms with Crippen LogP contribution in [0, 0.1) is 17.8 Å². The van der Waals surface area contributed by atoms with Crippen LogP contribution in [0.4, 0.5) is 0 Å². The minimum atomic E-state index is -0.874. The Bertz CT molecular complexity index is 1680. The molecule has 3 aromatic rings. The summed E-state index contributed by atoms with van der Waals surface area (Å²) in [7, 11) is 0. The summed E-state index contributed by atoms with van der Waals surface area (Å²) in [5.74, 6) is -2.02. The van der Waals surface area contributed by atoms with E-state index in [2.05, 4.69) is 30.4 Å². The number of benzene rings is 2. The fraction of sp³-hybridized carbons (Fsp3) is 0.472. The van der Waals surface area contributed by atoms with Crippen LogP contribution in [0.15, 0.2) is 79.9 Å². The predicted octanol–water partition coefficient (Wildman–Crippen LogP) is 4.12. The van der Waals surface area contributed by atoms with Crippen LogP contribution in [0.5, 0.6) is 0 Å². The number of likely N-dealkylation sites (tertiary alicyclic amines) is 1. The largest absolute Gasteiger partial charge is 0.394 e. The van der Waals surface area contributed by atoms with Crippen LogP contribution >= 0.6 is 11.8 Å². The van der Waals surface area contributed by atoms with Crippen molar-refractivity contribution in [1.29, 1.82) is 0 Å². The van der Waals surface area contributed by atoms with Gasteiger partial charge >= 0.3 is 0 Å². The standard InChI is InChI=1S/C36H44N6O4S/c1-6-19-39(21-25-13-9-8-10-14-25)32(44)29-30-33(45)42(28(22-43)24(3)4)31(36(30)18-17-35(29,5)47-36)34(46)40(20-7-2)23-41-27-16-12-11-15-26(27)37-38-41/h6-16,24,28-31,43H,1-2,17-23H2,3-5H3/t28-,29-,30-,31?,35+,36?/m0/s1. The smallest absolute Gasteiger partial charge is 0.248 e. The summed E-state index contributed by atoms with van der Waals surface area (Å²) in [6, 6.07) is 15.9. The first-order valence-corrected chi connectivity index (χ1v) is 17.2. The van der Waals surface area contributed by atoms with Crippen LogP contribution in [0.1, 0.15) is 39.2 Å². The molecule has 1 spiro atoms. The summed E-state index contributed by atoms with van der Waals surface area (Å²) < 4.78 is 0.320. The fourth-order valence-electron chi connectivity index (χ4n) is 8.11. The maximum atomic E-state index is 15.0. The molecule has 3 aliphatic heterocycles. The molecule has 2 aromatic carbocycles. The van der Waals surface area contributed by atoms with Gasteiger partial charge in [0, 0.05) is 24.4 Å². The summed E-state index contributed by atoms with van der Waals surface area (Å²) in [6.07, 6.45) is 4.70. The lowest BCUT2D eigenvalue weighted by Crippen LogP contribution is -2.58. The van der Waals surface area contributed by atoms with Crippen molar-refractivity contribution in [3.63, 3.8) is 0 Å². The van der Waals surface area contributed by atoms with Gasteiger partial charge in [-0.1, -0.05) is 73.7 Å². The molecule has 3 fully saturated rings. The second-order valence-corrected chi connectivity index (χ2v) is 15.4. The minimum Gasteiger partial charge on any atom is -0.394 e. The van der Waals surface area contributed by atoms with Crippen molar-refractivity contribution in [2.24, 2.45) is 17.8 Å². The Kier molecular flexibility index (Phi) is 9.06. The highest BCUT2D eigenvalue weighted by molar-refractivity contribution is 8.02. The van der Waals surface area contributed by atoms with E-state index in [1.54, 1.807) is 43.3 Å². The van der Waals surface area contributed by atoms with Gasteiger partial charge in [0.2, 0.25) is 17.7 Å². The molecule has 0 aliphatic carbocycles. The van der Waals surface area contributed by atoms with Crippen molar-refractivity contribution in [2.45, 2.75) is 68.4 Å². The van der Waals surface area contributed by atoms with Crippen LogP contribution in [-0.4, -0.2) is 93.8 Å². The van der Waals surface area contributed by atoms with Crippen molar-refractivity contribution in [2.75, 3.05) is 19.7 Å². The molecule has 0 radical (unpaired) electrons. The third-order valence-electron chi connectivity index (χ3n) is 10.3. The Labute approximate surface area is 280 Å². The predicted molar refractivity (Wildman–Crippen MR) is 183 cm³/mol. The second kappa shape index (κ2) is 12.9. The lowest BCUT2D eigenvalue weighted by atomic mass is 9.66. The van der Waals surface area contributed by atoms with Gasteiger partial charge in [-0.15, -0.1) is 30.0 Å². The molecule has 10 nitrogen and oxygen atoms in total. The highest BCUT2D eigenvalue weighted by Gasteiger charge is 2.78. The molecule has 47 heavy (non-hydrogen) atoms. The van der Waals surface area contributed by atoms with Gasteiger partial charge in [-0.2, -0.15) is 0 Å². The van der Waals surface area contributed by atoms with Crippen LogP contribution in [-0.2, 0) is 27.6 Å². The molecule has 0 saturated carbocycles. The van der Waals surface area contributed by atoms with E-state index in [1.807, 2.05) is 68.4 Å². The lowest BCUT2D eigenvalue weighted by Gasteiger charge is -2.40. The number of fused-ring (bicyclic) bond motifs is 2. The number of carbonyl (C=O) groups is 3. The van der Waals surface area contributed by atoms with E-state index in [4.69, 9.17) is 0 Å². The highest BCUT2D eigenvalue weighted by Crippen LogP contribution is 2.72. The number of amides is 3. The third kappa shape index (κ3) is 5.47. The Balaban J connectivity index is 1.41. The number of carbonyl (C=O) groups excluding carboxylic acids is 3. The van der Waals surface area contributed by atoms with E-state index < -0.39 is 33.4 Å². The molecule has 1 aromatic heterocycles. The molecule has 2 bridgehead atoms. The van der Waals surface area contributed by atoms with Crippen LogP contribution in [0.2, 0.25) is 0 Å². The number of aliphatic hydroxyl groups is 1. The van der Waals surface area contributed by atoms with Gasteiger partial charge in [-0.25, -0.2) is 4.68 Å². The Hall–Kier alpha value is -3.96. The number of para-hydroxylation sites is 1. The Morgan fingerprint density at radius 2 is 1.72 bits per heavy atom. The Morgan fingerprint density at radius 1 is 1.04 bits per heavy atom. The van der Waals surface area contributed by atoms with Crippen LogP contribution in [0.25, 0.3) is 11.0 Å². The van der Waals surface area contributed by atoms with Crippen molar-refractivity contribution < 1.29 is 19.5 Å². The normalized spacial score (nSPS) is 26.9. The SMILES string of the molecule is C=CCN(Cn1nnc2ccccc21)C(=O)C1N([C@@H](CO)C(C)C)C(=O)[C@@H]2[C@@H](C(=O)N(CC=C)Cc3ccccc3)[C@@]3(C)CCC12S3. The molecule has 2 unspecified atom stereocenters. The number of aliphatic hydroxyl groups excluding tert-OH is 1. The van der Waals surface area contributed by atoms with E-state index >= 15 is 0 Å². The average molecular weight is 657 g/mol. The summed E-state index contributed by atoms with van der Waals surface area (Å²) in [4.78, 5) is 49.6. The van der Waals surface area contributed by atoms with Gasteiger partial charge in [-0.3, -0.25) is 14.4 Å². The molecule has 6 rings (SSSR count). The van der Waals surface area contributed by atoms with Gasteiger partial charge in [0.25, 0.3) is 0 Å². The molecular weight excluding hydrogens is 613 g/mol. The van der Waals surface area contributed by atoms with Crippen molar-refractivity contribution in [3.05, 3.63) is 85.5 Å². The topological polar surface area (TPSA) is 112 Å². The fourth-order valence-corrected chi connectivity index (χ4v) is 10.4.